The number of carboxylic acids is 1. The van der Waals surface area contributed by atoms with Gasteiger partial charge in [0.1, 0.15) is 5.75 Å². The summed E-state index contributed by atoms with van der Waals surface area (Å²) in [6, 6.07) is 3.42. The van der Waals surface area contributed by atoms with Crippen LogP contribution >= 0.6 is 45.2 Å². The molecular weight excluding hydrogens is 398 g/mol. The lowest BCUT2D eigenvalue weighted by molar-refractivity contribution is -0.136. The van der Waals surface area contributed by atoms with Gasteiger partial charge in [0.05, 0.1) is 9.99 Å². The molecule has 0 saturated heterocycles. The molecule has 0 aromatic heterocycles. The van der Waals surface area contributed by atoms with E-state index < -0.39 is 5.97 Å². The molecule has 0 amide bonds. The van der Waals surface area contributed by atoms with Crippen molar-refractivity contribution in [2.75, 3.05) is 0 Å². The van der Waals surface area contributed by atoms with Crippen molar-refractivity contribution in [2.24, 2.45) is 0 Å². The minimum Gasteiger partial charge on any atom is -0.507 e. The summed E-state index contributed by atoms with van der Waals surface area (Å²) in [5.41, 5.74) is 0.456. The lowest BCUT2D eigenvalue weighted by Gasteiger charge is -2.05. The smallest absolute Gasteiger partial charge is 0.307 e. The van der Waals surface area contributed by atoms with Crippen molar-refractivity contribution < 1.29 is 15.0 Å². The molecule has 0 atom stereocenters. The first kappa shape index (κ1) is 11.0. The molecule has 0 spiro atoms. The van der Waals surface area contributed by atoms with Gasteiger partial charge >= 0.3 is 5.97 Å². The van der Waals surface area contributed by atoms with E-state index in [0.29, 0.717) is 9.13 Å². The third-order valence-corrected chi connectivity index (χ3v) is 4.52. The highest BCUT2D eigenvalue weighted by atomic mass is 127. The molecule has 5 heteroatoms. The summed E-state index contributed by atoms with van der Waals surface area (Å²) in [7, 11) is 0. The number of carbonyl (C=O) groups is 1. The minimum atomic E-state index is -0.938. The highest BCUT2D eigenvalue weighted by molar-refractivity contribution is 14.1. The van der Waals surface area contributed by atoms with E-state index in [2.05, 4.69) is 22.6 Å². The molecule has 13 heavy (non-hydrogen) atoms. The quantitative estimate of drug-likeness (QED) is 0.744. The fourth-order valence-corrected chi connectivity index (χ4v) is 1.85. The minimum absolute atomic E-state index is 0.0786. The van der Waals surface area contributed by atoms with Gasteiger partial charge in [-0.25, -0.2) is 0 Å². The summed E-state index contributed by atoms with van der Waals surface area (Å²) in [6.07, 6.45) is -0.140. The first-order chi connectivity index (χ1) is 6.02. The molecule has 2 N–H and O–H groups in total. The molecule has 0 unspecified atom stereocenters. The van der Waals surface area contributed by atoms with E-state index in [0.717, 1.165) is 3.57 Å². The lowest BCUT2D eigenvalue weighted by atomic mass is 10.1. The van der Waals surface area contributed by atoms with Crippen molar-refractivity contribution in [2.45, 2.75) is 6.42 Å². The van der Waals surface area contributed by atoms with Crippen LogP contribution in [0.3, 0.4) is 0 Å². The second-order valence-corrected chi connectivity index (χ2v) is 4.68. The Morgan fingerprint density at radius 1 is 1.38 bits per heavy atom. The summed E-state index contributed by atoms with van der Waals surface area (Å²) in [5.74, 6) is -0.859. The molecule has 1 rings (SSSR count). The van der Waals surface area contributed by atoms with E-state index in [-0.39, 0.29) is 12.2 Å². The Kier molecular flexibility index (Phi) is 3.77. The third-order valence-electron chi connectivity index (χ3n) is 1.49. The predicted molar refractivity (Wildman–Crippen MR) is 64.9 cm³/mol. The van der Waals surface area contributed by atoms with Crippen LogP contribution in [0.5, 0.6) is 5.75 Å². The standard InChI is InChI=1S/C8H6I2O3/c9-5-2-1-4(3-6(11)12)8(13)7(5)10/h1-2,13H,3H2,(H,11,12). The van der Waals surface area contributed by atoms with Crippen LogP contribution in [-0.2, 0) is 11.2 Å². The topological polar surface area (TPSA) is 57.5 Å². The molecule has 0 saturated carbocycles. The van der Waals surface area contributed by atoms with Gasteiger partial charge in [-0.1, -0.05) is 6.07 Å². The number of phenolic OH excluding ortho intramolecular Hbond substituents is 1. The highest BCUT2D eigenvalue weighted by Gasteiger charge is 2.10. The van der Waals surface area contributed by atoms with Crippen molar-refractivity contribution in [3.8, 4) is 5.75 Å². The normalized spacial score (nSPS) is 10.0. The summed E-state index contributed by atoms with van der Waals surface area (Å²) in [4.78, 5) is 10.4. The Labute approximate surface area is 102 Å². The highest BCUT2D eigenvalue weighted by Crippen LogP contribution is 2.28. The SMILES string of the molecule is O=C(O)Cc1ccc(I)c(I)c1O. The van der Waals surface area contributed by atoms with Crippen molar-refractivity contribution in [3.63, 3.8) is 0 Å². The Bertz CT molecular complexity index is 349. The van der Waals surface area contributed by atoms with E-state index in [1.807, 2.05) is 22.6 Å². The molecule has 0 radical (unpaired) electrons. The van der Waals surface area contributed by atoms with Gasteiger partial charge < -0.3 is 10.2 Å². The van der Waals surface area contributed by atoms with Crippen molar-refractivity contribution in [1.29, 1.82) is 0 Å². The Balaban J connectivity index is 3.10. The predicted octanol–water partition coefficient (Wildman–Crippen LogP) is 2.23. The molecule has 0 aliphatic heterocycles. The molecule has 0 heterocycles. The zero-order valence-electron chi connectivity index (χ0n) is 6.42. The molecular formula is C8H6I2O3. The van der Waals surface area contributed by atoms with Gasteiger partial charge in [-0.15, -0.1) is 0 Å². The van der Waals surface area contributed by atoms with Crippen LogP contribution in [0.1, 0.15) is 5.56 Å². The second-order valence-electron chi connectivity index (χ2n) is 2.44. The van der Waals surface area contributed by atoms with Gasteiger partial charge in [0.15, 0.2) is 0 Å². The van der Waals surface area contributed by atoms with Crippen LogP contribution < -0.4 is 0 Å². The van der Waals surface area contributed by atoms with Crippen molar-refractivity contribution in [1.82, 2.24) is 0 Å². The van der Waals surface area contributed by atoms with Gasteiger partial charge in [-0.3, -0.25) is 4.79 Å². The molecule has 3 nitrogen and oxygen atoms in total. The average molecular weight is 404 g/mol. The molecule has 0 fully saturated rings. The lowest BCUT2D eigenvalue weighted by Crippen LogP contribution is -2.01. The number of aromatic hydroxyl groups is 1. The molecule has 0 aliphatic carbocycles. The summed E-state index contributed by atoms with van der Waals surface area (Å²) >= 11 is 4.08. The van der Waals surface area contributed by atoms with Gasteiger partial charge in [-0.2, -0.15) is 0 Å². The Morgan fingerprint density at radius 3 is 2.54 bits per heavy atom. The summed E-state index contributed by atoms with van der Waals surface area (Å²) in [6.45, 7) is 0. The van der Waals surface area contributed by atoms with Crippen LogP contribution in [-0.4, -0.2) is 16.2 Å². The maximum atomic E-state index is 10.4. The fourth-order valence-electron chi connectivity index (χ4n) is 0.885. The number of aliphatic carboxylic acids is 1. The maximum absolute atomic E-state index is 10.4. The van der Waals surface area contributed by atoms with E-state index in [1.165, 1.54) is 0 Å². The fraction of sp³-hybridized carbons (Fsp3) is 0.125. The van der Waals surface area contributed by atoms with Gasteiger partial charge in [0, 0.05) is 9.13 Å². The third kappa shape index (κ3) is 2.70. The van der Waals surface area contributed by atoms with Crippen LogP contribution in [0.25, 0.3) is 0 Å². The number of phenols is 1. The first-order valence-electron chi connectivity index (χ1n) is 3.40. The number of rotatable bonds is 2. The van der Waals surface area contributed by atoms with Crippen molar-refractivity contribution >= 4 is 51.2 Å². The number of halogens is 2. The van der Waals surface area contributed by atoms with Gasteiger partial charge in [0.25, 0.3) is 0 Å². The van der Waals surface area contributed by atoms with Crippen LogP contribution in [0.15, 0.2) is 12.1 Å². The Hall–Kier alpha value is -0.0500. The van der Waals surface area contributed by atoms with E-state index in [9.17, 15) is 9.90 Å². The monoisotopic (exact) mass is 404 g/mol. The first-order valence-corrected chi connectivity index (χ1v) is 5.55. The van der Waals surface area contributed by atoms with Crippen LogP contribution in [0.4, 0.5) is 0 Å². The van der Waals surface area contributed by atoms with E-state index >= 15 is 0 Å². The average Bonchev–Trinajstić information content (AvgIpc) is 2.06. The van der Waals surface area contributed by atoms with E-state index in [1.54, 1.807) is 12.1 Å². The Morgan fingerprint density at radius 2 is 2.00 bits per heavy atom. The second kappa shape index (κ2) is 4.45. The zero-order chi connectivity index (χ0) is 10.0. The molecule has 70 valence electrons. The largest absolute Gasteiger partial charge is 0.507 e. The number of carboxylic acid groups (broad SMARTS) is 1. The van der Waals surface area contributed by atoms with Crippen molar-refractivity contribution in [3.05, 3.63) is 24.8 Å². The van der Waals surface area contributed by atoms with Crippen LogP contribution in [0, 0.1) is 7.14 Å². The molecule has 1 aromatic rings. The summed E-state index contributed by atoms with van der Waals surface area (Å²) < 4.78 is 1.63. The maximum Gasteiger partial charge on any atom is 0.307 e. The molecule has 0 aliphatic rings. The van der Waals surface area contributed by atoms with Gasteiger partial charge in [0.2, 0.25) is 0 Å². The summed E-state index contributed by atoms with van der Waals surface area (Å²) in [5, 5.41) is 18.1. The number of hydrogen-bond acceptors (Lipinski definition) is 2. The van der Waals surface area contributed by atoms with Crippen LogP contribution in [0.2, 0.25) is 0 Å². The number of hydrogen-bond donors (Lipinski definition) is 2. The van der Waals surface area contributed by atoms with Gasteiger partial charge in [-0.05, 0) is 51.2 Å². The number of benzene rings is 1. The van der Waals surface area contributed by atoms with E-state index in [4.69, 9.17) is 5.11 Å². The molecule has 1 aromatic carbocycles. The zero-order valence-corrected chi connectivity index (χ0v) is 10.7. The molecule has 0 bridgehead atoms.